The SMILES string of the molecule is CCC(C)(C)c1cn2ccsc2n1. The molecule has 0 aliphatic rings. The van der Waals surface area contributed by atoms with Crippen LogP contribution >= 0.6 is 11.3 Å². The zero-order chi connectivity index (χ0) is 9.47. The van der Waals surface area contributed by atoms with Gasteiger partial charge in [0, 0.05) is 23.2 Å². The smallest absolute Gasteiger partial charge is 0.193 e. The minimum Gasteiger partial charge on any atom is -0.297 e. The molecule has 3 heteroatoms. The fourth-order valence-electron chi connectivity index (χ4n) is 1.23. The monoisotopic (exact) mass is 194 g/mol. The molecule has 0 atom stereocenters. The van der Waals surface area contributed by atoms with Crippen molar-refractivity contribution in [2.75, 3.05) is 0 Å². The Labute approximate surface area is 82.2 Å². The van der Waals surface area contributed by atoms with E-state index in [9.17, 15) is 0 Å². The van der Waals surface area contributed by atoms with Gasteiger partial charge in [-0.2, -0.15) is 0 Å². The summed E-state index contributed by atoms with van der Waals surface area (Å²) in [6.45, 7) is 6.67. The van der Waals surface area contributed by atoms with Crippen molar-refractivity contribution < 1.29 is 0 Å². The van der Waals surface area contributed by atoms with Crippen LogP contribution in [0.4, 0.5) is 0 Å². The van der Waals surface area contributed by atoms with Gasteiger partial charge in [-0.15, -0.1) is 11.3 Å². The highest BCUT2D eigenvalue weighted by Gasteiger charge is 2.21. The van der Waals surface area contributed by atoms with Gasteiger partial charge in [-0.1, -0.05) is 20.8 Å². The molecule has 0 amide bonds. The topological polar surface area (TPSA) is 17.3 Å². The van der Waals surface area contributed by atoms with Gasteiger partial charge in [0.1, 0.15) is 0 Å². The molecule has 2 rings (SSSR count). The molecule has 0 saturated heterocycles. The second-order valence-electron chi connectivity index (χ2n) is 3.96. The summed E-state index contributed by atoms with van der Waals surface area (Å²) in [5.74, 6) is 0. The molecule has 0 aliphatic heterocycles. The van der Waals surface area contributed by atoms with Crippen LogP contribution in [-0.4, -0.2) is 9.38 Å². The Morgan fingerprint density at radius 1 is 1.54 bits per heavy atom. The lowest BCUT2D eigenvalue weighted by Gasteiger charge is -2.19. The normalized spacial score (nSPS) is 12.5. The number of hydrogen-bond acceptors (Lipinski definition) is 2. The average Bonchev–Trinajstić information content (AvgIpc) is 2.61. The molecular formula is C10H14N2S. The molecule has 2 nitrogen and oxygen atoms in total. The van der Waals surface area contributed by atoms with Crippen LogP contribution in [0, 0.1) is 0 Å². The van der Waals surface area contributed by atoms with Gasteiger partial charge < -0.3 is 0 Å². The van der Waals surface area contributed by atoms with Crippen LogP contribution in [0.5, 0.6) is 0 Å². The molecule has 2 aromatic heterocycles. The first-order chi connectivity index (χ1) is 6.13. The fraction of sp³-hybridized carbons (Fsp3) is 0.500. The van der Waals surface area contributed by atoms with Crippen LogP contribution in [0.2, 0.25) is 0 Å². The number of hydrogen-bond donors (Lipinski definition) is 0. The predicted octanol–water partition coefficient (Wildman–Crippen LogP) is 3.08. The second kappa shape index (κ2) is 2.84. The van der Waals surface area contributed by atoms with Crippen molar-refractivity contribution in [3.63, 3.8) is 0 Å². The van der Waals surface area contributed by atoms with Crippen molar-refractivity contribution >= 4 is 16.3 Å². The van der Waals surface area contributed by atoms with Crippen molar-refractivity contribution in [1.82, 2.24) is 9.38 Å². The van der Waals surface area contributed by atoms with Crippen LogP contribution in [0.25, 0.3) is 4.96 Å². The maximum atomic E-state index is 4.60. The molecule has 2 heterocycles. The molecular weight excluding hydrogens is 180 g/mol. The quantitative estimate of drug-likeness (QED) is 0.718. The number of nitrogens with zero attached hydrogens (tertiary/aromatic N) is 2. The highest BCUT2D eigenvalue weighted by molar-refractivity contribution is 7.15. The van der Waals surface area contributed by atoms with Gasteiger partial charge in [0.15, 0.2) is 4.96 Å². The van der Waals surface area contributed by atoms with Gasteiger partial charge in [-0.05, 0) is 6.42 Å². The highest BCUT2D eigenvalue weighted by atomic mass is 32.1. The van der Waals surface area contributed by atoms with E-state index in [4.69, 9.17) is 0 Å². The first kappa shape index (κ1) is 8.75. The maximum Gasteiger partial charge on any atom is 0.193 e. The Morgan fingerprint density at radius 2 is 2.31 bits per heavy atom. The minimum atomic E-state index is 0.200. The van der Waals surface area contributed by atoms with E-state index >= 15 is 0 Å². The molecule has 0 fully saturated rings. The van der Waals surface area contributed by atoms with Gasteiger partial charge in [0.2, 0.25) is 0 Å². The van der Waals surface area contributed by atoms with E-state index in [2.05, 4.69) is 47.9 Å². The van der Waals surface area contributed by atoms with Crippen LogP contribution in [-0.2, 0) is 5.41 Å². The Morgan fingerprint density at radius 3 is 2.92 bits per heavy atom. The molecule has 0 radical (unpaired) electrons. The highest BCUT2D eigenvalue weighted by Crippen LogP contribution is 2.26. The summed E-state index contributed by atoms with van der Waals surface area (Å²) in [4.78, 5) is 5.69. The van der Waals surface area contributed by atoms with Gasteiger partial charge in [0.25, 0.3) is 0 Å². The largest absolute Gasteiger partial charge is 0.297 e. The third kappa shape index (κ3) is 1.37. The molecule has 0 saturated carbocycles. The van der Waals surface area contributed by atoms with E-state index in [0.717, 1.165) is 11.4 Å². The predicted molar refractivity (Wildman–Crippen MR) is 56.4 cm³/mol. The molecule has 0 N–H and O–H groups in total. The van der Waals surface area contributed by atoms with Gasteiger partial charge in [0.05, 0.1) is 5.69 Å². The molecule has 0 unspecified atom stereocenters. The number of aromatic nitrogens is 2. The fourth-order valence-corrected chi connectivity index (χ4v) is 1.93. The number of rotatable bonds is 2. The van der Waals surface area contributed by atoms with Crippen molar-refractivity contribution in [2.24, 2.45) is 0 Å². The minimum absolute atomic E-state index is 0.200. The first-order valence-corrected chi connectivity index (χ1v) is 5.44. The summed E-state index contributed by atoms with van der Waals surface area (Å²) in [6.07, 6.45) is 5.31. The van der Waals surface area contributed by atoms with Gasteiger partial charge in [-0.3, -0.25) is 4.40 Å². The number of fused-ring (bicyclic) bond motifs is 1. The Bertz CT molecular complexity index is 383. The van der Waals surface area contributed by atoms with E-state index in [0.29, 0.717) is 0 Å². The number of imidazole rings is 1. The van der Waals surface area contributed by atoms with Crippen LogP contribution in [0.3, 0.4) is 0 Å². The van der Waals surface area contributed by atoms with Crippen molar-refractivity contribution in [3.05, 3.63) is 23.5 Å². The summed E-state index contributed by atoms with van der Waals surface area (Å²) in [5.41, 5.74) is 1.40. The van der Waals surface area contributed by atoms with Crippen LogP contribution < -0.4 is 0 Å². The Balaban J connectivity index is 2.50. The lowest BCUT2D eigenvalue weighted by atomic mass is 9.87. The Hall–Kier alpha value is -0.830. The molecule has 0 aliphatic carbocycles. The number of thiazole rings is 1. The molecule has 0 spiro atoms. The standard InChI is InChI=1S/C10H14N2S/c1-4-10(2,3)8-7-12-5-6-13-9(12)11-8/h5-7H,4H2,1-3H3. The third-order valence-electron chi connectivity index (χ3n) is 2.67. The molecule has 13 heavy (non-hydrogen) atoms. The summed E-state index contributed by atoms with van der Waals surface area (Å²) in [7, 11) is 0. The first-order valence-electron chi connectivity index (χ1n) is 4.56. The lowest BCUT2D eigenvalue weighted by Crippen LogP contribution is -2.15. The van der Waals surface area contributed by atoms with Crippen molar-refractivity contribution in [2.45, 2.75) is 32.6 Å². The second-order valence-corrected chi connectivity index (χ2v) is 4.83. The van der Waals surface area contributed by atoms with E-state index in [1.54, 1.807) is 11.3 Å². The molecule has 70 valence electrons. The van der Waals surface area contributed by atoms with Crippen LogP contribution in [0.15, 0.2) is 17.8 Å². The molecule has 0 bridgehead atoms. The van der Waals surface area contributed by atoms with E-state index in [1.165, 1.54) is 5.69 Å². The summed E-state index contributed by atoms with van der Waals surface area (Å²) in [6, 6.07) is 0. The summed E-state index contributed by atoms with van der Waals surface area (Å²) in [5, 5.41) is 2.06. The lowest BCUT2D eigenvalue weighted by molar-refractivity contribution is 0.493. The van der Waals surface area contributed by atoms with Crippen molar-refractivity contribution in [1.29, 1.82) is 0 Å². The zero-order valence-electron chi connectivity index (χ0n) is 8.24. The van der Waals surface area contributed by atoms with E-state index in [1.807, 2.05) is 0 Å². The van der Waals surface area contributed by atoms with Gasteiger partial charge >= 0.3 is 0 Å². The summed E-state index contributed by atoms with van der Waals surface area (Å²) < 4.78 is 2.09. The summed E-state index contributed by atoms with van der Waals surface area (Å²) >= 11 is 1.69. The average molecular weight is 194 g/mol. The molecule has 2 aromatic rings. The maximum absolute atomic E-state index is 4.60. The van der Waals surface area contributed by atoms with E-state index < -0.39 is 0 Å². The van der Waals surface area contributed by atoms with Crippen molar-refractivity contribution in [3.8, 4) is 0 Å². The molecule has 0 aromatic carbocycles. The van der Waals surface area contributed by atoms with Gasteiger partial charge in [-0.25, -0.2) is 4.98 Å². The zero-order valence-corrected chi connectivity index (χ0v) is 9.06. The van der Waals surface area contributed by atoms with Crippen LogP contribution in [0.1, 0.15) is 32.9 Å². The third-order valence-corrected chi connectivity index (χ3v) is 3.44. The van der Waals surface area contributed by atoms with E-state index in [-0.39, 0.29) is 5.41 Å². The Kier molecular flexibility index (Phi) is 1.91.